The summed E-state index contributed by atoms with van der Waals surface area (Å²) in [5.74, 6) is -0.131. The SMILES string of the molecule is CCCCCCCC/C=C\CCCCCCCCCCCC(=O)OCCCCCC/C=C\CCCC(=O)NC(CO)C(O)CCCCCCCCCCCCCCCCC. The smallest absolute Gasteiger partial charge is 0.305 e. The van der Waals surface area contributed by atoms with Crippen molar-refractivity contribution < 1.29 is 24.5 Å². The Hall–Kier alpha value is -1.66. The molecular formula is C54H103NO5. The van der Waals surface area contributed by atoms with Crippen LogP contribution in [0.2, 0.25) is 0 Å². The van der Waals surface area contributed by atoms with Gasteiger partial charge in [0.15, 0.2) is 0 Å². The van der Waals surface area contributed by atoms with Crippen LogP contribution in [0.25, 0.3) is 0 Å². The maximum atomic E-state index is 12.4. The highest BCUT2D eigenvalue weighted by Crippen LogP contribution is 2.16. The second-order valence-corrected chi connectivity index (χ2v) is 18.2. The van der Waals surface area contributed by atoms with Gasteiger partial charge in [-0.05, 0) is 70.6 Å². The Kier molecular flexibility index (Phi) is 48.6. The van der Waals surface area contributed by atoms with Crippen LogP contribution in [0.4, 0.5) is 0 Å². The molecule has 3 N–H and O–H groups in total. The van der Waals surface area contributed by atoms with Crippen molar-refractivity contribution in [1.82, 2.24) is 5.32 Å². The van der Waals surface area contributed by atoms with Gasteiger partial charge in [0.2, 0.25) is 5.91 Å². The summed E-state index contributed by atoms with van der Waals surface area (Å²) in [7, 11) is 0. The topological polar surface area (TPSA) is 95.9 Å². The first-order chi connectivity index (χ1) is 29.5. The quantitative estimate of drug-likeness (QED) is 0.0322. The molecule has 0 aliphatic heterocycles. The van der Waals surface area contributed by atoms with Crippen molar-refractivity contribution in [1.29, 1.82) is 0 Å². The lowest BCUT2D eigenvalue weighted by atomic mass is 10.0. The monoisotopic (exact) mass is 846 g/mol. The molecule has 0 bridgehead atoms. The number of carbonyl (C=O) groups excluding carboxylic acids is 2. The van der Waals surface area contributed by atoms with Crippen LogP contribution < -0.4 is 5.32 Å². The lowest BCUT2D eigenvalue weighted by Crippen LogP contribution is -2.45. The molecule has 0 aromatic carbocycles. The maximum Gasteiger partial charge on any atom is 0.305 e. The van der Waals surface area contributed by atoms with Gasteiger partial charge in [0.25, 0.3) is 0 Å². The fraction of sp³-hybridized carbons (Fsp3) is 0.889. The van der Waals surface area contributed by atoms with Crippen molar-refractivity contribution >= 4 is 11.9 Å². The first kappa shape index (κ1) is 58.3. The molecule has 60 heavy (non-hydrogen) atoms. The molecule has 6 nitrogen and oxygen atoms in total. The zero-order chi connectivity index (χ0) is 43.7. The minimum absolute atomic E-state index is 0.0360. The summed E-state index contributed by atoms with van der Waals surface area (Å²) < 4.78 is 5.45. The van der Waals surface area contributed by atoms with E-state index in [1.165, 1.54) is 180 Å². The summed E-state index contributed by atoms with van der Waals surface area (Å²) >= 11 is 0. The molecule has 0 saturated heterocycles. The summed E-state index contributed by atoms with van der Waals surface area (Å²) in [6.45, 7) is 4.86. The molecule has 0 aromatic rings. The molecule has 0 aliphatic carbocycles. The van der Waals surface area contributed by atoms with Crippen LogP contribution >= 0.6 is 0 Å². The third kappa shape index (κ3) is 45.9. The summed E-state index contributed by atoms with van der Waals surface area (Å²) in [5, 5.41) is 23.2. The van der Waals surface area contributed by atoms with Gasteiger partial charge in [-0.3, -0.25) is 9.59 Å². The number of unbranched alkanes of at least 4 members (excludes halogenated alkanes) is 34. The van der Waals surface area contributed by atoms with Crippen LogP contribution in [0.1, 0.15) is 284 Å². The van der Waals surface area contributed by atoms with E-state index in [2.05, 4.69) is 43.5 Å². The lowest BCUT2D eigenvalue weighted by molar-refractivity contribution is -0.143. The predicted octanol–water partition coefficient (Wildman–Crippen LogP) is 15.9. The highest BCUT2D eigenvalue weighted by molar-refractivity contribution is 5.76. The van der Waals surface area contributed by atoms with Crippen LogP contribution in [-0.4, -0.2) is 47.4 Å². The first-order valence-corrected chi connectivity index (χ1v) is 26.6. The largest absolute Gasteiger partial charge is 0.466 e. The molecule has 2 atom stereocenters. The molecule has 0 spiro atoms. The number of carbonyl (C=O) groups is 2. The average molecular weight is 846 g/mol. The minimum Gasteiger partial charge on any atom is -0.466 e. The fourth-order valence-electron chi connectivity index (χ4n) is 8.11. The standard InChI is InChI=1S/C54H103NO5/c1-3-5-7-9-11-13-15-17-19-20-21-22-24-26-28-32-36-40-44-48-54(59)60-49-45-41-37-33-29-31-35-39-43-47-53(58)55-51(50-56)52(57)46-42-38-34-30-27-25-23-18-16-14-12-10-8-6-4-2/h17,19,31,35,51-52,56-57H,3-16,18,20-30,32-34,36-50H2,1-2H3,(H,55,58)/b19-17-,35-31-. The Morgan fingerprint density at radius 2 is 0.800 bits per heavy atom. The van der Waals surface area contributed by atoms with E-state index in [9.17, 15) is 19.8 Å². The van der Waals surface area contributed by atoms with Crippen molar-refractivity contribution in [2.75, 3.05) is 13.2 Å². The van der Waals surface area contributed by atoms with Gasteiger partial charge in [-0.25, -0.2) is 0 Å². The Balaban J connectivity index is 3.51. The first-order valence-electron chi connectivity index (χ1n) is 26.6. The number of hydrogen-bond donors (Lipinski definition) is 3. The van der Waals surface area contributed by atoms with E-state index >= 15 is 0 Å². The lowest BCUT2D eigenvalue weighted by Gasteiger charge is -2.22. The van der Waals surface area contributed by atoms with Crippen LogP contribution in [-0.2, 0) is 14.3 Å². The van der Waals surface area contributed by atoms with Crippen molar-refractivity contribution in [3.63, 3.8) is 0 Å². The van der Waals surface area contributed by atoms with E-state index < -0.39 is 12.1 Å². The number of ether oxygens (including phenoxy) is 1. The van der Waals surface area contributed by atoms with E-state index in [-0.39, 0.29) is 18.5 Å². The Bertz CT molecular complexity index is 935. The predicted molar refractivity (Wildman–Crippen MR) is 260 cm³/mol. The molecule has 354 valence electrons. The normalized spacial score (nSPS) is 12.8. The van der Waals surface area contributed by atoms with Gasteiger partial charge in [-0.2, -0.15) is 0 Å². The summed E-state index contributed by atoms with van der Waals surface area (Å²) in [4.78, 5) is 24.5. The number of aliphatic hydroxyl groups excluding tert-OH is 2. The third-order valence-electron chi connectivity index (χ3n) is 12.2. The minimum atomic E-state index is -0.695. The fourth-order valence-corrected chi connectivity index (χ4v) is 8.11. The summed E-state index contributed by atoms with van der Waals surface area (Å²) in [5.41, 5.74) is 0. The van der Waals surface area contributed by atoms with Gasteiger partial charge >= 0.3 is 5.97 Å². The van der Waals surface area contributed by atoms with E-state index in [0.717, 1.165) is 70.6 Å². The Morgan fingerprint density at radius 1 is 0.450 bits per heavy atom. The van der Waals surface area contributed by atoms with Crippen LogP contribution in [0.5, 0.6) is 0 Å². The van der Waals surface area contributed by atoms with Gasteiger partial charge in [-0.1, -0.05) is 224 Å². The zero-order valence-corrected chi connectivity index (χ0v) is 40.2. The highest BCUT2D eigenvalue weighted by atomic mass is 16.5. The number of aliphatic hydroxyl groups is 2. The van der Waals surface area contributed by atoms with E-state index in [1.54, 1.807) is 0 Å². The summed E-state index contributed by atoms with van der Waals surface area (Å²) in [6.07, 6.45) is 58.7. The Labute approximate surface area is 373 Å². The van der Waals surface area contributed by atoms with Crippen molar-refractivity contribution in [3.05, 3.63) is 24.3 Å². The van der Waals surface area contributed by atoms with E-state index in [4.69, 9.17) is 4.74 Å². The van der Waals surface area contributed by atoms with Gasteiger partial charge in [-0.15, -0.1) is 0 Å². The van der Waals surface area contributed by atoms with E-state index in [0.29, 0.717) is 25.9 Å². The number of rotatable bonds is 49. The zero-order valence-electron chi connectivity index (χ0n) is 40.2. The van der Waals surface area contributed by atoms with Crippen molar-refractivity contribution in [2.24, 2.45) is 0 Å². The average Bonchev–Trinajstić information content (AvgIpc) is 3.25. The van der Waals surface area contributed by atoms with Gasteiger partial charge in [0, 0.05) is 12.8 Å². The Morgan fingerprint density at radius 3 is 1.22 bits per heavy atom. The summed E-state index contributed by atoms with van der Waals surface area (Å²) in [6, 6.07) is -0.579. The molecule has 0 aliphatic rings. The molecule has 0 fully saturated rings. The molecule has 1 amide bonds. The van der Waals surface area contributed by atoms with Crippen LogP contribution in [0.15, 0.2) is 24.3 Å². The van der Waals surface area contributed by atoms with Gasteiger partial charge < -0.3 is 20.3 Å². The third-order valence-corrected chi connectivity index (χ3v) is 12.2. The van der Waals surface area contributed by atoms with Crippen LogP contribution in [0.3, 0.4) is 0 Å². The highest BCUT2D eigenvalue weighted by Gasteiger charge is 2.20. The molecule has 0 rings (SSSR count). The van der Waals surface area contributed by atoms with E-state index in [1.807, 2.05) is 0 Å². The number of esters is 1. The molecule has 0 saturated carbocycles. The number of amides is 1. The number of allylic oxidation sites excluding steroid dienone is 4. The molecular weight excluding hydrogens is 743 g/mol. The van der Waals surface area contributed by atoms with Crippen LogP contribution in [0, 0.1) is 0 Å². The molecule has 0 aromatic heterocycles. The second-order valence-electron chi connectivity index (χ2n) is 18.2. The van der Waals surface area contributed by atoms with Gasteiger partial charge in [0.1, 0.15) is 0 Å². The van der Waals surface area contributed by atoms with Gasteiger partial charge in [0.05, 0.1) is 25.4 Å². The molecule has 2 unspecified atom stereocenters. The molecule has 0 heterocycles. The number of nitrogens with one attached hydrogen (secondary N) is 1. The molecule has 6 heteroatoms. The maximum absolute atomic E-state index is 12.4. The van der Waals surface area contributed by atoms with Crippen molar-refractivity contribution in [3.8, 4) is 0 Å². The molecule has 0 radical (unpaired) electrons. The van der Waals surface area contributed by atoms with Crippen molar-refractivity contribution in [2.45, 2.75) is 296 Å². The number of hydrogen-bond acceptors (Lipinski definition) is 5. The second kappa shape index (κ2) is 50.0.